The van der Waals surface area contributed by atoms with Gasteiger partial charge in [0.1, 0.15) is 0 Å². The molecule has 15 heavy (non-hydrogen) atoms. The monoisotopic (exact) mass is 217 g/mol. The van der Waals surface area contributed by atoms with E-state index in [9.17, 15) is 9.59 Å². The van der Waals surface area contributed by atoms with Crippen LogP contribution in [0.2, 0.25) is 0 Å². The van der Waals surface area contributed by atoms with Crippen LogP contribution in [0.15, 0.2) is 12.2 Å². The minimum absolute atomic E-state index is 0.176. The van der Waals surface area contributed by atoms with Crippen molar-refractivity contribution in [3.05, 3.63) is 12.2 Å². The first-order valence-electron chi connectivity index (χ1n) is 4.63. The summed E-state index contributed by atoms with van der Waals surface area (Å²) in [5.41, 5.74) is 0.176. The molecule has 0 aromatic carbocycles. The highest BCUT2D eigenvalue weighted by atomic mass is 16.5. The van der Waals surface area contributed by atoms with Gasteiger partial charge in [-0.2, -0.15) is 0 Å². The van der Waals surface area contributed by atoms with Gasteiger partial charge in [0.05, 0.1) is 6.61 Å². The molecule has 0 aliphatic carbocycles. The normalized spacial score (nSPS) is 8.27. The highest BCUT2D eigenvalue weighted by Crippen LogP contribution is 1.87. The van der Waals surface area contributed by atoms with E-state index in [1.165, 1.54) is 11.8 Å². The molecule has 0 heterocycles. The van der Waals surface area contributed by atoms with Gasteiger partial charge in [0.15, 0.2) is 0 Å². The molecule has 0 aromatic heterocycles. The minimum atomic E-state index is -0.935. The highest BCUT2D eigenvalue weighted by Gasteiger charge is 2.03. The fourth-order valence-electron chi connectivity index (χ4n) is 0.363. The maximum Gasteiger partial charge on any atom is 0.409 e. The average Bonchev–Trinajstić information content (AvgIpc) is 2.17. The number of carboxylic acids is 1. The van der Waals surface area contributed by atoms with Crippen molar-refractivity contribution in [2.75, 3.05) is 20.2 Å². The zero-order valence-corrected chi connectivity index (χ0v) is 9.74. The van der Waals surface area contributed by atoms with Gasteiger partial charge in [-0.15, -0.1) is 0 Å². The van der Waals surface area contributed by atoms with E-state index in [4.69, 9.17) is 5.11 Å². The topological polar surface area (TPSA) is 66.8 Å². The van der Waals surface area contributed by atoms with Gasteiger partial charge >= 0.3 is 12.1 Å². The van der Waals surface area contributed by atoms with Gasteiger partial charge in [0, 0.05) is 19.2 Å². The standard InChI is InChI=1S/C6H13NO2.C4H6O2/c1-4-7(3)6(8)9-5-2;1-3(2)4(5)6/h4-5H2,1-3H3;1H2,2H3,(H,5,6). The number of amides is 1. The third-order valence-corrected chi connectivity index (χ3v) is 1.42. The molecular formula is C10H19NO4. The predicted molar refractivity (Wildman–Crippen MR) is 57.8 cm³/mol. The van der Waals surface area contributed by atoms with Crippen LogP contribution in [0, 0.1) is 0 Å². The second kappa shape index (κ2) is 9.05. The van der Waals surface area contributed by atoms with Crippen LogP contribution in [-0.4, -0.2) is 42.3 Å². The largest absolute Gasteiger partial charge is 0.478 e. The molecule has 5 heteroatoms. The summed E-state index contributed by atoms with van der Waals surface area (Å²) in [6.07, 6.45) is -0.250. The predicted octanol–water partition coefficient (Wildman–Crippen LogP) is 1.74. The summed E-state index contributed by atoms with van der Waals surface area (Å²) in [5, 5.41) is 7.89. The molecule has 88 valence electrons. The molecule has 1 N–H and O–H groups in total. The Morgan fingerprint density at radius 3 is 2.00 bits per heavy atom. The van der Waals surface area contributed by atoms with Crippen molar-refractivity contribution in [3.63, 3.8) is 0 Å². The van der Waals surface area contributed by atoms with Gasteiger partial charge in [-0.3, -0.25) is 0 Å². The van der Waals surface area contributed by atoms with E-state index in [0.717, 1.165) is 0 Å². The van der Waals surface area contributed by atoms with E-state index in [1.54, 1.807) is 14.0 Å². The lowest BCUT2D eigenvalue weighted by Crippen LogP contribution is -2.26. The maximum absolute atomic E-state index is 10.7. The molecule has 0 atom stereocenters. The van der Waals surface area contributed by atoms with Crippen molar-refractivity contribution in [1.82, 2.24) is 4.90 Å². The summed E-state index contributed by atoms with van der Waals surface area (Å²) in [7, 11) is 1.71. The van der Waals surface area contributed by atoms with Crippen LogP contribution >= 0.6 is 0 Å². The summed E-state index contributed by atoms with van der Waals surface area (Å²) in [6.45, 7) is 9.44. The number of rotatable bonds is 3. The van der Waals surface area contributed by atoms with E-state index in [0.29, 0.717) is 13.2 Å². The quantitative estimate of drug-likeness (QED) is 0.731. The van der Waals surface area contributed by atoms with E-state index < -0.39 is 5.97 Å². The Hall–Kier alpha value is -1.52. The summed E-state index contributed by atoms with van der Waals surface area (Å²) in [5.74, 6) is -0.935. The van der Waals surface area contributed by atoms with E-state index in [1.807, 2.05) is 6.92 Å². The SMILES string of the molecule is C=C(C)C(=O)O.CCOC(=O)N(C)CC. The Bertz CT molecular complexity index is 213. The Morgan fingerprint density at radius 1 is 1.40 bits per heavy atom. The zero-order valence-electron chi connectivity index (χ0n) is 9.74. The summed E-state index contributed by atoms with van der Waals surface area (Å²) in [6, 6.07) is 0. The van der Waals surface area contributed by atoms with Crippen LogP contribution in [0.25, 0.3) is 0 Å². The smallest absolute Gasteiger partial charge is 0.409 e. The number of ether oxygens (including phenoxy) is 1. The Morgan fingerprint density at radius 2 is 1.80 bits per heavy atom. The van der Waals surface area contributed by atoms with Gasteiger partial charge < -0.3 is 14.7 Å². The molecule has 0 unspecified atom stereocenters. The molecule has 0 rings (SSSR count). The van der Waals surface area contributed by atoms with Crippen LogP contribution in [0.3, 0.4) is 0 Å². The van der Waals surface area contributed by atoms with Gasteiger partial charge in [-0.05, 0) is 20.8 Å². The molecule has 0 saturated heterocycles. The van der Waals surface area contributed by atoms with Crippen LogP contribution in [-0.2, 0) is 9.53 Å². The first-order valence-corrected chi connectivity index (χ1v) is 4.63. The summed E-state index contributed by atoms with van der Waals surface area (Å²) < 4.78 is 4.68. The van der Waals surface area contributed by atoms with Crippen molar-refractivity contribution in [3.8, 4) is 0 Å². The molecule has 0 spiro atoms. The Labute approximate surface area is 90.3 Å². The number of hydrogen-bond acceptors (Lipinski definition) is 3. The third kappa shape index (κ3) is 10.4. The van der Waals surface area contributed by atoms with Gasteiger partial charge in [-0.25, -0.2) is 9.59 Å². The molecular weight excluding hydrogens is 198 g/mol. The fraction of sp³-hybridized carbons (Fsp3) is 0.600. The molecule has 0 radical (unpaired) electrons. The van der Waals surface area contributed by atoms with Crippen molar-refractivity contribution < 1.29 is 19.4 Å². The highest BCUT2D eigenvalue weighted by molar-refractivity contribution is 5.84. The van der Waals surface area contributed by atoms with Gasteiger partial charge in [0.25, 0.3) is 0 Å². The van der Waals surface area contributed by atoms with Gasteiger partial charge in [0.2, 0.25) is 0 Å². The van der Waals surface area contributed by atoms with E-state index in [-0.39, 0.29) is 11.7 Å². The third-order valence-electron chi connectivity index (χ3n) is 1.42. The number of carbonyl (C=O) groups is 2. The van der Waals surface area contributed by atoms with Gasteiger partial charge in [-0.1, -0.05) is 6.58 Å². The molecule has 0 aromatic rings. The molecule has 0 bridgehead atoms. The second-order valence-corrected chi connectivity index (χ2v) is 2.80. The Kier molecular flexibility index (Phi) is 9.61. The van der Waals surface area contributed by atoms with Crippen molar-refractivity contribution in [2.24, 2.45) is 0 Å². The molecule has 1 amide bonds. The molecule has 0 fully saturated rings. The fourth-order valence-corrected chi connectivity index (χ4v) is 0.363. The van der Waals surface area contributed by atoms with Crippen molar-refractivity contribution >= 4 is 12.1 Å². The number of aliphatic carboxylic acids is 1. The number of hydrogen-bond donors (Lipinski definition) is 1. The van der Waals surface area contributed by atoms with E-state index >= 15 is 0 Å². The first-order chi connectivity index (χ1) is 6.86. The van der Waals surface area contributed by atoms with Crippen molar-refractivity contribution in [1.29, 1.82) is 0 Å². The number of carboxylic acid groups (broad SMARTS) is 1. The lowest BCUT2D eigenvalue weighted by molar-refractivity contribution is -0.132. The summed E-state index contributed by atoms with van der Waals surface area (Å²) in [4.78, 5) is 21.8. The van der Waals surface area contributed by atoms with Crippen LogP contribution in [0.1, 0.15) is 20.8 Å². The molecule has 0 saturated carbocycles. The lowest BCUT2D eigenvalue weighted by Gasteiger charge is -2.12. The average molecular weight is 217 g/mol. The Balaban J connectivity index is 0. The maximum atomic E-state index is 10.7. The number of carbonyl (C=O) groups excluding carboxylic acids is 1. The molecule has 0 aliphatic rings. The molecule has 5 nitrogen and oxygen atoms in total. The van der Waals surface area contributed by atoms with E-state index in [2.05, 4.69) is 11.3 Å². The van der Waals surface area contributed by atoms with Crippen LogP contribution in [0.4, 0.5) is 4.79 Å². The first kappa shape index (κ1) is 15.9. The zero-order chi connectivity index (χ0) is 12.4. The molecule has 0 aliphatic heterocycles. The van der Waals surface area contributed by atoms with Crippen LogP contribution in [0.5, 0.6) is 0 Å². The lowest BCUT2D eigenvalue weighted by atomic mass is 10.4. The van der Waals surface area contributed by atoms with Crippen molar-refractivity contribution in [2.45, 2.75) is 20.8 Å². The van der Waals surface area contributed by atoms with Crippen LogP contribution < -0.4 is 0 Å². The minimum Gasteiger partial charge on any atom is -0.478 e. The second-order valence-electron chi connectivity index (χ2n) is 2.80. The number of nitrogens with zero attached hydrogens (tertiary/aromatic N) is 1. The summed E-state index contributed by atoms with van der Waals surface area (Å²) >= 11 is 0.